The lowest BCUT2D eigenvalue weighted by molar-refractivity contribution is -0.141. The summed E-state index contributed by atoms with van der Waals surface area (Å²) >= 11 is 3.41. The molecule has 1 aromatic heterocycles. The highest BCUT2D eigenvalue weighted by Crippen LogP contribution is 2.33. The molecule has 26 heavy (non-hydrogen) atoms. The molecule has 0 saturated heterocycles. The molecule has 1 unspecified atom stereocenters. The number of oxazole rings is 1. The number of carbonyl (C=O) groups excluding carboxylic acids is 2. The predicted molar refractivity (Wildman–Crippen MR) is 98.7 cm³/mol. The summed E-state index contributed by atoms with van der Waals surface area (Å²) in [4.78, 5) is 28.7. The number of carbonyl (C=O) groups is 2. The molecule has 2 aromatic rings. The zero-order chi connectivity index (χ0) is 18.5. The molecule has 1 atom stereocenters. The largest absolute Gasteiger partial charge is 0.469 e. The summed E-state index contributed by atoms with van der Waals surface area (Å²) in [6, 6.07) is 6.93. The van der Waals surface area contributed by atoms with Crippen molar-refractivity contribution in [2.24, 2.45) is 0 Å². The maximum absolute atomic E-state index is 12.6. The van der Waals surface area contributed by atoms with Gasteiger partial charge in [-0.25, -0.2) is 4.98 Å². The fourth-order valence-electron chi connectivity index (χ4n) is 3.21. The molecule has 1 saturated carbocycles. The topological polar surface area (TPSA) is 81.4 Å². The number of methoxy groups -OCH3 is 1. The number of halogens is 1. The Balaban J connectivity index is 1.75. The highest BCUT2D eigenvalue weighted by molar-refractivity contribution is 9.10. The van der Waals surface area contributed by atoms with Crippen LogP contribution in [0.5, 0.6) is 0 Å². The van der Waals surface area contributed by atoms with E-state index in [1.54, 1.807) is 0 Å². The molecule has 1 fully saturated rings. The van der Waals surface area contributed by atoms with E-state index in [1.165, 1.54) is 26.2 Å². The van der Waals surface area contributed by atoms with Crippen LogP contribution >= 0.6 is 15.9 Å². The fourth-order valence-corrected chi connectivity index (χ4v) is 3.63. The van der Waals surface area contributed by atoms with Crippen molar-refractivity contribution < 1.29 is 18.7 Å². The number of ether oxygens (including phenoxy) is 1. The van der Waals surface area contributed by atoms with Crippen molar-refractivity contribution in [3.8, 4) is 0 Å². The van der Waals surface area contributed by atoms with Crippen LogP contribution in [0.4, 0.5) is 0 Å². The lowest BCUT2D eigenvalue weighted by atomic mass is 10.0. The summed E-state index contributed by atoms with van der Waals surface area (Å²) in [7, 11) is 1.33. The van der Waals surface area contributed by atoms with E-state index >= 15 is 0 Å². The minimum absolute atomic E-state index is 0.0338. The third-order valence-electron chi connectivity index (χ3n) is 4.61. The van der Waals surface area contributed by atoms with Crippen molar-refractivity contribution >= 4 is 27.8 Å². The standard InChI is InChI=1S/C19H21BrN2O4/c1-25-17(23)10-15(13-7-4-8-14(20)9-13)21-18(24)16-11-26-19(22-16)12-5-2-3-6-12/h4,7-9,11-12,15H,2-3,5-6,10H2,1H3,(H,21,24). The van der Waals surface area contributed by atoms with Crippen molar-refractivity contribution in [2.45, 2.75) is 44.1 Å². The van der Waals surface area contributed by atoms with Gasteiger partial charge < -0.3 is 14.5 Å². The molecule has 0 bridgehead atoms. The van der Waals surface area contributed by atoms with Crippen molar-refractivity contribution in [1.82, 2.24) is 10.3 Å². The number of nitrogens with zero attached hydrogens (tertiary/aromatic N) is 1. The average Bonchev–Trinajstić information content (AvgIpc) is 3.32. The molecule has 138 valence electrons. The summed E-state index contributed by atoms with van der Waals surface area (Å²) in [5, 5.41) is 2.86. The van der Waals surface area contributed by atoms with Crippen LogP contribution in [0.25, 0.3) is 0 Å². The Morgan fingerprint density at radius 1 is 1.38 bits per heavy atom. The molecule has 1 aliphatic rings. The van der Waals surface area contributed by atoms with E-state index in [0.717, 1.165) is 22.9 Å². The Bertz CT molecular complexity index is 783. The number of nitrogens with one attached hydrogen (secondary N) is 1. The first-order valence-corrected chi connectivity index (χ1v) is 9.44. The van der Waals surface area contributed by atoms with Crippen molar-refractivity contribution in [1.29, 1.82) is 0 Å². The van der Waals surface area contributed by atoms with Gasteiger partial charge in [0.1, 0.15) is 6.26 Å². The molecule has 1 aliphatic carbocycles. The summed E-state index contributed by atoms with van der Waals surface area (Å²) in [5.41, 5.74) is 1.04. The molecule has 7 heteroatoms. The second-order valence-electron chi connectivity index (χ2n) is 6.41. The van der Waals surface area contributed by atoms with Crippen LogP contribution in [0, 0.1) is 0 Å². The Kier molecular flexibility index (Phi) is 6.08. The van der Waals surface area contributed by atoms with Crippen molar-refractivity contribution in [3.05, 3.63) is 52.1 Å². The van der Waals surface area contributed by atoms with E-state index in [9.17, 15) is 9.59 Å². The fraction of sp³-hybridized carbons (Fsp3) is 0.421. The monoisotopic (exact) mass is 420 g/mol. The molecule has 3 rings (SSSR count). The highest BCUT2D eigenvalue weighted by atomic mass is 79.9. The molecule has 1 amide bonds. The molecular weight excluding hydrogens is 400 g/mol. The summed E-state index contributed by atoms with van der Waals surface area (Å²) in [5.74, 6) is 0.154. The first-order chi connectivity index (χ1) is 12.6. The number of aromatic nitrogens is 1. The number of hydrogen-bond acceptors (Lipinski definition) is 5. The van der Waals surface area contributed by atoms with Gasteiger partial charge in [0.25, 0.3) is 5.91 Å². The molecule has 1 N–H and O–H groups in total. The highest BCUT2D eigenvalue weighted by Gasteiger charge is 2.25. The van der Waals surface area contributed by atoms with E-state index in [-0.39, 0.29) is 18.0 Å². The van der Waals surface area contributed by atoms with Gasteiger partial charge in [-0.1, -0.05) is 40.9 Å². The maximum atomic E-state index is 12.6. The number of esters is 1. The van der Waals surface area contributed by atoms with Gasteiger partial charge in [0.05, 0.1) is 19.6 Å². The van der Waals surface area contributed by atoms with Crippen LogP contribution < -0.4 is 5.32 Å². The Labute approximate surface area is 160 Å². The van der Waals surface area contributed by atoms with Crippen molar-refractivity contribution in [3.63, 3.8) is 0 Å². The average molecular weight is 421 g/mol. The zero-order valence-corrected chi connectivity index (χ0v) is 16.1. The van der Waals surface area contributed by atoms with Gasteiger partial charge in [0.15, 0.2) is 11.6 Å². The first-order valence-electron chi connectivity index (χ1n) is 8.65. The second kappa shape index (κ2) is 8.49. The Hall–Kier alpha value is -2.15. The third kappa shape index (κ3) is 4.52. The number of benzene rings is 1. The van der Waals surface area contributed by atoms with Crippen LogP contribution in [0.2, 0.25) is 0 Å². The normalized spacial score (nSPS) is 15.6. The van der Waals surface area contributed by atoms with E-state index < -0.39 is 12.0 Å². The van der Waals surface area contributed by atoms with Gasteiger partial charge in [-0.2, -0.15) is 0 Å². The van der Waals surface area contributed by atoms with E-state index in [4.69, 9.17) is 9.15 Å². The van der Waals surface area contributed by atoms with Crippen molar-refractivity contribution in [2.75, 3.05) is 7.11 Å². The Morgan fingerprint density at radius 2 is 2.15 bits per heavy atom. The van der Waals surface area contributed by atoms with Crippen LogP contribution in [-0.4, -0.2) is 24.0 Å². The summed E-state index contributed by atoms with van der Waals surface area (Å²) in [6.45, 7) is 0. The smallest absolute Gasteiger partial charge is 0.307 e. The molecule has 0 spiro atoms. The van der Waals surface area contributed by atoms with Gasteiger partial charge in [-0.15, -0.1) is 0 Å². The van der Waals surface area contributed by atoms with Gasteiger partial charge >= 0.3 is 5.97 Å². The first kappa shape index (κ1) is 18.6. The van der Waals surface area contributed by atoms with E-state index in [2.05, 4.69) is 26.2 Å². The maximum Gasteiger partial charge on any atom is 0.307 e. The van der Waals surface area contributed by atoms with E-state index in [1.807, 2.05) is 24.3 Å². The molecule has 1 aromatic carbocycles. The van der Waals surface area contributed by atoms with Gasteiger partial charge in [-0.05, 0) is 30.5 Å². The third-order valence-corrected chi connectivity index (χ3v) is 5.11. The molecule has 1 heterocycles. The van der Waals surface area contributed by atoms with Gasteiger partial charge in [-0.3, -0.25) is 9.59 Å². The number of hydrogen-bond donors (Lipinski definition) is 1. The summed E-state index contributed by atoms with van der Waals surface area (Å²) < 4.78 is 11.1. The SMILES string of the molecule is COC(=O)CC(NC(=O)c1coc(C2CCCC2)n1)c1cccc(Br)c1. The Morgan fingerprint density at radius 3 is 2.85 bits per heavy atom. The molecule has 6 nitrogen and oxygen atoms in total. The van der Waals surface area contributed by atoms with Crippen LogP contribution in [-0.2, 0) is 9.53 Å². The van der Waals surface area contributed by atoms with Gasteiger partial charge in [0, 0.05) is 10.4 Å². The van der Waals surface area contributed by atoms with Gasteiger partial charge in [0.2, 0.25) is 0 Å². The molecule has 0 radical (unpaired) electrons. The van der Waals surface area contributed by atoms with Crippen LogP contribution in [0.3, 0.4) is 0 Å². The number of amides is 1. The molecular formula is C19H21BrN2O4. The van der Waals surface area contributed by atoms with E-state index in [0.29, 0.717) is 11.8 Å². The summed E-state index contributed by atoms with van der Waals surface area (Å²) in [6.07, 6.45) is 5.84. The minimum Gasteiger partial charge on any atom is -0.469 e. The molecule has 0 aliphatic heterocycles. The minimum atomic E-state index is -0.515. The lowest BCUT2D eigenvalue weighted by Gasteiger charge is -2.17. The second-order valence-corrected chi connectivity index (χ2v) is 7.33. The lowest BCUT2D eigenvalue weighted by Crippen LogP contribution is -2.30. The zero-order valence-electron chi connectivity index (χ0n) is 14.5. The predicted octanol–water partition coefficient (Wildman–Crippen LogP) is 4.13. The quantitative estimate of drug-likeness (QED) is 0.710. The van der Waals surface area contributed by atoms with Crippen LogP contribution in [0.1, 0.15) is 66.0 Å². The number of rotatable bonds is 6. The van der Waals surface area contributed by atoms with Crippen LogP contribution in [0.15, 0.2) is 39.4 Å².